The lowest BCUT2D eigenvalue weighted by atomic mass is 10.1. The number of alkyl halides is 3. The molecule has 0 aliphatic carbocycles. The van der Waals surface area contributed by atoms with Gasteiger partial charge in [-0.15, -0.1) is 0 Å². The minimum Gasteiger partial charge on any atom is -0.741 e. The molecule has 2 aromatic carbocycles. The van der Waals surface area contributed by atoms with Crippen LogP contribution in [0, 0.1) is 25.2 Å². The Hall–Kier alpha value is -2.90. The molecule has 10 heteroatoms. The lowest BCUT2D eigenvalue weighted by Gasteiger charge is -2.08. The van der Waals surface area contributed by atoms with Crippen molar-refractivity contribution >= 4 is 21.2 Å². The summed E-state index contributed by atoms with van der Waals surface area (Å²) in [6.45, 7) is 4.18. The molecule has 28 heavy (non-hydrogen) atoms. The fraction of sp³-hybridized carbons (Fsp3) is 0.222. The number of halogens is 3. The third-order valence-corrected chi connectivity index (χ3v) is 4.38. The summed E-state index contributed by atoms with van der Waals surface area (Å²) in [6.07, 6.45) is 2.03. The second kappa shape index (κ2) is 7.61. The number of nitriles is 1. The first kappa shape index (κ1) is 21.4. The van der Waals surface area contributed by atoms with Gasteiger partial charge < -0.3 is 4.55 Å². The number of aromatic nitrogens is 2. The molecule has 0 unspecified atom stereocenters. The molecule has 0 saturated heterocycles. The van der Waals surface area contributed by atoms with E-state index in [1.807, 2.05) is 36.1 Å². The molecule has 0 saturated carbocycles. The molecule has 1 heterocycles. The molecule has 0 spiro atoms. The van der Waals surface area contributed by atoms with Crippen molar-refractivity contribution in [2.24, 2.45) is 7.05 Å². The maximum atomic E-state index is 10.7. The molecule has 148 valence electrons. The number of imidazole rings is 1. The van der Waals surface area contributed by atoms with E-state index in [0.717, 1.165) is 16.7 Å². The lowest BCUT2D eigenvalue weighted by Crippen LogP contribution is -2.25. The quantitative estimate of drug-likeness (QED) is 0.350. The van der Waals surface area contributed by atoms with Crippen molar-refractivity contribution in [3.8, 4) is 11.8 Å². The first-order valence-corrected chi connectivity index (χ1v) is 9.26. The Morgan fingerprint density at radius 1 is 1.14 bits per heavy atom. The smallest absolute Gasteiger partial charge is 0.485 e. The van der Waals surface area contributed by atoms with E-state index in [1.54, 1.807) is 0 Å². The standard InChI is InChI=1S/C17H16N3.CHF3O3S/c1-12-7-13(2)9-15(8-12)20-11-19(3)16-6-4-5-14(10-18)17(16)20;2-1(3,4)8(5,6)7/h4-9,11H,1-3H3;(H,5,6,7)/q+1;/p-1. The summed E-state index contributed by atoms with van der Waals surface area (Å²) in [5, 5.41) is 9.35. The molecular formula is C18H16F3N3O3S. The predicted molar refractivity (Wildman–Crippen MR) is 94.4 cm³/mol. The zero-order valence-corrected chi connectivity index (χ0v) is 16.0. The van der Waals surface area contributed by atoms with Crippen LogP contribution in [0.2, 0.25) is 0 Å². The normalized spacial score (nSPS) is 11.6. The van der Waals surface area contributed by atoms with Crippen LogP contribution in [0.1, 0.15) is 16.7 Å². The van der Waals surface area contributed by atoms with Crippen LogP contribution >= 0.6 is 0 Å². The van der Waals surface area contributed by atoms with E-state index in [-0.39, 0.29) is 0 Å². The van der Waals surface area contributed by atoms with Gasteiger partial charge in [-0.2, -0.15) is 23.0 Å². The molecule has 0 aliphatic rings. The number of aryl methyl sites for hydroxylation is 3. The first-order valence-electron chi connectivity index (χ1n) is 7.86. The second-order valence-electron chi connectivity index (χ2n) is 6.13. The van der Waals surface area contributed by atoms with Gasteiger partial charge in [0.1, 0.15) is 17.3 Å². The number of rotatable bonds is 1. The average molecular weight is 411 g/mol. The van der Waals surface area contributed by atoms with Crippen molar-refractivity contribution in [1.29, 1.82) is 5.26 Å². The molecule has 0 N–H and O–H groups in total. The fourth-order valence-electron chi connectivity index (χ4n) is 2.74. The van der Waals surface area contributed by atoms with Crippen LogP contribution < -0.4 is 4.57 Å². The van der Waals surface area contributed by atoms with Crippen LogP contribution in [0.5, 0.6) is 0 Å². The number of nitrogens with zero attached hydrogens (tertiary/aromatic N) is 3. The number of fused-ring (bicyclic) bond motifs is 1. The highest BCUT2D eigenvalue weighted by Gasteiger charge is 2.36. The molecule has 0 fully saturated rings. The van der Waals surface area contributed by atoms with E-state index in [1.165, 1.54) is 11.1 Å². The highest BCUT2D eigenvalue weighted by molar-refractivity contribution is 7.86. The summed E-state index contributed by atoms with van der Waals surface area (Å²) in [5.74, 6) is 0. The maximum absolute atomic E-state index is 10.7. The van der Waals surface area contributed by atoms with Gasteiger partial charge in [0.15, 0.2) is 21.2 Å². The minimum atomic E-state index is -6.09. The van der Waals surface area contributed by atoms with Gasteiger partial charge in [0.05, 0.1) is 7.05 Å². The first-order chi connectivity index (χ1) is 12.8. The Kier molecular flexibility index (Phi) is 5.82. The molecular weight excluding hydrogens is 395 g/mol. The summed E-state index contributed by atoms with van der Waals surface area (Å²) in [6, 6.07) is 14.5. The molecule has 0 bridgehead atoms. The van der Waals surface area contributed by atoms with Gasteiger partial charge in [0.25, 0.3) is 0 Å². The van der Waals surface area contributed by atoms with E-state index in [2.05, 4.69) is 42.7 Å². The van der Waals surface area contributed by atoms with Gasteiger partial charge in [-0.3, -0.25) is 0 Å². The van der Waals surface area contributed by atoms with E-state index in [0.29, 0.717) is 5.56 Å². The van der Waals surface area contributed by atoms with Crippen molar-refractivity contribution in [3.63, 3.8) is 0 Å². The molecule has 0 radical (unpaired) electrons. The summed E-state index contributed by atoms with van der Waals surface area (Å²) < 4.78 is 63.0. The van der Waals surface area contributed by atoms with Crippen molar-refractivity contribution in [1.82, 2.24) is 4.57 Å². The number of para-hydroxylation sites is 1. The van der Waals surface area contributed by atoms with Gasteiger partial charge in [-0.05, 0) is 49.2 Å². The van der Waals surface area contributed by atoms with Crippen LogP contribution in [0.25, 0.3) is 16.7 Å². The van der Waals surface area contributed by atoms with Crippen molar-refractivity contribution in [3.05, 3.63) is 59.4 Å². The third kappa shape index (κ3) is 4.49. The number of hydrogen-bond acceptors (Lipinski definition) is 4. The van der Waals surface area contributed by atoms with Crippen LogP contribution in [0.4, 0.5) is 13.2 Å². The Bertz CT molecular complexity index is 1160. The number of benzene rings is 2. The van der Waals surface area contributed by atoms with Gasteiger partial charge in [0.2, 0.25) is 6.33 Å². The SMILES string of the molecule is Cc1cc(C)cc(-n2c[n+](C)c3cccc(C#N)c32)c1.O=S(=O)([O-])C(F)(F)F. The van der Waals surface area contributed by atoms with E-state index in [4.69, 9.17) is 13.0 Å². The molecule has 3 rings (SSSR count). The zero-order chi connectivity index (χ0) is 21.3. The molecule has 3 aromatic rings. The lowest BCUT2D eigenvalue weighted by molar-refractivity contribution is -0.645. The maximum Gasteiger partial charge on any atom is 0.485 e. The van der Waals surface area contributed by atoms with Crippen LogP contribution in [-0.2, 0) is 17.2 Å². The van der Waals surface area contributed by atoms with Crippen LogP contribution in [-0.4, -0.2) is 23.0 Å². The van der Waals surface area contributed by atoms with Crippen molar-refractivity contribution in [2.45, 2.75) is 19.4 Å². The fourth-order valence-corrected chi connectivity index (χ4v) is 2.74. The molecule has 6 nitrogen and oxygen atoms in total. The molecule has 0 amide bonds. The Morgan fingerprint density at radius 3 is 2.14 bits per heavy atom. The Morgan fingerprint density at radius 2 is 1.68 bits per heavy atom. The molecule has 0 aliphatic heterocycles. The largest absolute Gasteiger partial charge is 0.741 e. The topological polar surface area (TPSA) is 89.8 Å². The van der Waals surface area contributed by atoms with Gasteiger partial charge in [-0.1, -0.05) is 12.1 Å². The number of hydrogen-bond donors (Lipinski definition) is 0. The predicted octanol–water partition coefficient (Wildman–Crippen LogP) is 2.99. The highest BCUT2D eigenvalue weighted by Crippen LogP contribution is 2.22. The summed E-state index contributed by atoms with van der Waals surface area (Å²) in [7, 11) is -4.09. The van der Waals surface area contributed by atoms with E-state index in [9.17, 15) is 18.4 Å². The third-order valence-electron chi connectivity index (χ3n) is 3.81. The van der Waals surface area contributed by atoms with Crippen LogP contribution in [0.15, 0.2) is 42.7 Å². The van der Waals surface area contributed by atoms with E-state index >= 15 is 0 Å². The Labute approximate surface area is 159 Å². The van der Waals surface area contributed by atoms with Gasteiger partial charge in [-0.25, -0.2) is 13.0 Å². The van der Waals surface area contributed by atoms with Crippen molar-refractivity contribution < 1.29 is 30.7 Å². The Balaban J connectivity index is 0.000000300. The second-order valence-corrected chi connectivity index (χ2v) is 7.50. The monoisotopic (exact) mass is 411 g/mol. The van der Waals surface area contributed by atoms with Gasteiger partial charge in [0, 0.05) is 0 Å². The summed E-state index contributed by atoms with van der Waals surface area (Å²) >= 11 is 0. The summed E-state index contributed by atoms with van der Waals surface area (Å²) in [4.78, 5) is 0. The van der Waals surface area contributed by atoms with Gasteiger partial charge >= 0.3 is 5.51 Å². The molecule has 1 aromatic heterocycles. The molecule has 0 atom stereocenters. The summed E-state index contributed by atoms with van der Waals surface area (Å²) in [5.41, 5.74) is 0.606. The minimum absolute atomic E-state index is 0.697. The average Bonchev–Trinajstić information content (AvgIpc) is 2.90. The van der Waals surface area contributed by atoms with E-state index < -0.39 is 15.6 Å². The van der Waals surface area contributed by atoms with Crippen LogP contribution in [0.3, 0.4) is 0 Å². The van der Waals surface area contributed by atoms with Crippen molar-refractivity contribution in [2.75, 3.05) is 0 Å². The zero-order valence-electron chi connectivity index (χ0n) is 15.1. The highest BCUT2D eigenvalue weighted by atomic mass is 32.2.